The molecule has 4 nitrogen and oxygen atoms in total. The Balaban J connectivity index is 2.69. The first-order valence-corrected chi connectivity index (χ1v) is 8.09. The Bertz CT molecular complexity index is 478. The van der Waals surface area contributed by atoms with Crippen molar-refractivity contribution in [3.8, 4) is 0 Å². The van der Waals surface area contributed by atoms with Gasteiger partial charge in [0, 0.05) is 10.2 Å². The van der Waals surface area contributed by atoms with E-state index in [-0.39, 0.29) is 12.4 Å². The molecule has 1 rings (SSSR count). The maximum atomic E-state index is 11.7. The highest BCUT2D eigenvalue weighted by Gasteiger charge is 2.12. The summed E-state index contributed by atoms with van der Waals surface area (Å²) in [6.07, 6.45) is 0. The molecule has 0 saturated carbocycles. The Labute approximate surface area is 120 Å². The van der Waals surface area contributed by atoms with Crippen molar-refractivity contribution in [3.63, 3.8) is 0 Å². The molecule has 0 atom stereocenters. The van der Waals surface area contributed by atoms with Gasteiger partial charge >= 0.3 is 0 Å². The van der Waals surface area contributed by atoms with Crippen LogP contribution in [0.15, 0.2) is 18.2 Å². The number of nitrogens with one attached hydrogen (secondary N) is 1. The fourth-order valence-corrected chi connectivity index (χ4v) is 3.02. The summed E-state index contributed by atoms with van der Waals surface area (Å²) < 4.78 is 31.7. The minimum atomic E-state index is -3.40. The van der Waals surface area contributed by atoms with E-state index in [0.29, 0.717) is 17.3 Å². The lowest BCUT2D eigenvalue weighted by atomic mass is 10.3. The minimum Gasteiger partial charge on any atom is -0.381 e. The summed E-state index contributed by atoms with van der Waals surface area (Å²) in [5.74, 6) is -0.0802. The summed E-state index contributed by atoms with van der Waals surface area (Å²) in [6, 6.07) is 5.12. The Hall–Kier alpha value is -0.0500. The first-order chi connectivity index (χ1) is 7.94. The first kappa shape index (κ1) is 15.0. The van der Waals surface area contributed by atoms with Crippen molar-refractivity contribution in [3.05, 3.63) is 26.8 Å². The van der Waals surface area contributed by atoms with E-state index in [1.54, 1.807) is 18.2 Å². The molecule has 1 N–H and O–H groups in total. The van der Waals surface area contributed by atoms with Gasteiger partial charge in [-0.1, -0.05) is 11.6 Å². The molecule has 0 fully saturated rings. The monoisotopic (exact) mass is 389 g/mol. The van der Waals surface area contributed by atoms with E-state index in [1.165, 1.54) is 0 Å². The van der Waals surface area contributed by atoms with Gasteiger partial charge in [0.15, 0.2) is 0 Å². The lowest BCUT2D eigenvalue weighted by Gasteiger charge is -2.09. The van der Waals surface area contributed by atoms with Gasteiger partial charge in [-0.2, -0.15) is 0 Å². The summed E-state index contributed by atoms with van der Waals surface area (Å²) in [5.41, 5.74) is 0.392. The van der Waals surface area contributed by atoms with E-state index in [2.05, 4.69) is 27.3 Å². The van der Waals surface area contributed by atoms with Crippen molar-refractivity contribution < 1.29 is 13.2 Å². The molecule has 0 saturated heterocycles. The Morgan fingerprint density at radius 3 is 2.76 bits per heavy atom. The number of benzene rings is 1. The third-order valence-electron chi connectivity index (χ3n) is 1.90. The van der Waals surface area contributed by atoms with Gasteiger partial charge in [0.25, 0.3) is 0 Å². The molecule has 0 aromatic heterocycles. The molecule has 0 aliphatic heterocycles. The quantitative estimate of drug-likeness (QED) is 0.601. The van der Waals surface area contributed by atoms with Crippen LogP contribution >= 0.6 is 34.2 Å². The number of halogens is 2. The number of hydrogen-bond donors (Lipinski definition) is 1. The normalized spacial score (nSPS) is 11.5. The maximum Gasteiger partial charge on any atom is 0.235 e. The molecule has 7 heteroatoms. The fourth-order valence-electron chi connectivity index (χ4n) is 1.10. The second-order valence-corrected chi connectivity index (χ2v) is 6.74. The summed E-state index contributed by atoms with van der Waals surface area (Å²) >= 11 is 8.04. The lowest BCUT2D eigenvalue weighted by Crippen LogP contribution is -2.20. The average molecular weight is 390 g/mol. The second kappa shape index (κ2) is 6.77. The molecule has 0 bridgehead atoms. The standard InChI is InChI=1S/C10H13ClINO3S/c1-2-16-5-6-17(14,15)13-10-4-3-8(12)7-9(10)11/h3-4,7,13H,2,5-6H2,1H3. The van der Waals surface area contributed by atoms with Gasteiger partial charge in [-0.05, 0) is 47.7 Å². The highest BCUT2D eigenvalue weighted by Crippen LogP contribution is 2.24. The first-order valence-electron chi connectivity index (χ1n) is 4.98. The predicted octanol–water partition coefficient (Wildman–Crippen LogP) is 2.72. The Morgan fingerprint density at radius 1 is 1.47 bits per heavy atom. The van der Waals surface area contributed by atoms with Gasteiger partial charge in [-0.15, -0.1) is 0 Å². The molecule has 1 aromatic rings. The van der Waals surface area contributed by atoms with E-state index in [0.717, 1.165) is 3.57 Å². The van der Waals surface area contributed by atoms with Crippen LogP contribution in [-0.4, -0.2) is 27.4 Å². The van der Waals surface area contributed by atoms with Crippen LogP contribution < -0.4 is 4.72 Å². The molecule has 1 aromatic carbocycles. The van der Waals surface area contributed by atoms with Crippen LogP contribution in [0.5, 0.6) is 0 Å². The molecular weight excluding hydrogens is 377 g/mol. The third kappa shape index (κ3) is 5.41. The molecule has 17 heavy (non-hydrogen) atoms. The van der Waals surface area contributed by atoms with Crippen LogP contribution in [0.4, 0.5) is 5.69 Å². The molecule has 0 unspecified atom stereocenters. The molecule has 0 aliphatic rings. The van der Waals surface area contributed by atoms with Crippen LogP contribution in [-0.2, 0) is 14.8 Å². The van der Waals surface area contributed by atoms with Crippen molar-refractivity contribution >= 4 is 49.9 Å². The zero-order valence-electron chi connectivity index (χ0n) is 9.24. The van der Waals surface area contributed by atoms with E-state index in [9.17, 15) is 8.42 Å². The van der Waals surface area contributed by atoms with Gasteiger partial charge < -0.3 is 4.74 Å². The van der Waals surface area contributed by atoms with E-state index in [1.807, 2.05) is 6.92 Å². The van der Waals surface area contributed by atoms with E-state index in [4.69, 9.17) is 16.3 Å². The Morgan fingerprint density at radius 2 is 2.18 bits per heavy atom. The number of ether oxygens (including phenoxy) is 1. The molecule has 0 aliphatic carbocycles. The topological polar surface area (TPSA) is 55.4 Å². The summed E-state index contributed by atoms with van der Waals surface area (Å²) in [5, 5.41) is 0.386. The minimum absolute atomic E-state index is 0.0802. The summed E-state index contributed by atoms with van der Waals surface area (Å²) in [7, 11) is -3.40. The fraction of sp³-hybridized carbons (Fsp3) is 0.400. The molecule has 0 radical (unpaired) electrons. The van der Waals surface area contributed by atoms with E-state index < -0.39 is 10.0 Å². The van der Waals surface area contributed by atoms with Crippen LogP contribution in [0, 0.1) is 3.57 Å². The molecule has 96 valence electrons. The summed E-state index contributed by atoms with van der Waals surface area (Å²) in [6.45, 7) is 2.49. The van der Waals surface area contributed by atoms with Crippen molar-refractivity contribution in [2.45, 2.75) is 6.92 Å². The number of sulfonamides is 1. The molecule has 0 amide bonds. The lowest BCUT2D eigenvalue weighted by molar-refractivity contribution is 0.163. The van der Waals surface area contributed by atoms with Crippen molar-refractivity contribution in [2.24, 2.45) is 0 Å². The van der Waals surface area contributed by atoms with Crippen LogP contribution in [0.2, 0.25) is 5.02 Å². The zero-order chi connectivity index (χ0) is 12.9. The van der Waals surface area contributed by atoms with Gasteiger partial charge in [0.2, 0.25) is 10.0 Å². The van der Waals surface area contributed by atoms with Gasteiger partial charge in [0.1, 0.15) is 0 Å². The van der Waals surface area contributed by atoms with Crippen LogP contribution in [0.25, 0.3) is 0 Å². The number of rotatable bonds is 6. The van der Waals surface area contributed by atoms with Crippen LogP contribution in [0.3, 0.4) is 0 Å². The second-order valence-electron chi connectivity index (χ2n) is 3.24. The van der Waals surface area contributed by atoms with Crippen molar-refractivity contribution in [1.82, 2.24) is 0 Å². The zero-order valence-corrected chi connectivity index (χ0v) is 13.0. The van der Waals surface area contributed by atoms with E-state index >= 15 is 0 Å². The SMILES string of the molecule is CCOCCS(=O)(=O)Nc1ccc(I)cc1Cl. The van der Waals surface area contributed by atoms with Crippen molar-refractivity contribution in [2.75, 3.05) is 23.7 Å². The highest BCUT2D eigenvalue weighted by atomic mass is 127. The molecule has 0 spiro atoms. The van der Waals surface area contributed by atoms with Crippen LogP contribution in [0.1, 0.15) is 6.92 Å². The third-order valence-corrected chi connectivity index (χ3v) is 4.12. The smallest absolute Gasteiger partial charge is 0.235 e. The van der Waals surface area contributed by atoms with Gasteiger partial charge in [0.05, 0.1) is 23.1 Å². The largest absolute Gasteiger partial charge is 0.381 e. The number of anilines is 1. The average Bonchev–Trinajstić information content (AvgIpc) is 2.22. The highest BCUT2D eigenvalue weighted by molar-refractivity contribution is 14.1. The van der Waals surface area contributed by atoms with Gasteiger partial charge in [-0.25, -0.2) is 8.42 Å². The van der Waals surface area contributed by atoms with Gasteiger partial charge in [-0.3, -0.25) is 4.72 Å². The molecular formula is C10H13ClINO3S. The maximum absolute atomic E-state index is 11.7. The predicted molar refractivity (Wildman–Crippen MR) is 78.1 cm³/mol. The van der Waals surface area contributed by atoms with Crippen molar-refractivity contribution in [1.29, 1.82) is 0 Å². The number of hydrogen-bond acceptors (Lipinski definition) is 3. The molecule has 0 heterocycles. The Kier molecular flexibility index (Phi) is 5.98. The summed E-state index contributed by atoms with van der Waals surface area (Å²) in [4.78, 5) is 0.